The lowest BCUT2D eigenvalue weighted by Crippen LogP contribution is -2.34. The molecule has 0 aliphatic heterocycles. The molecule has 1 aromatic rings. The molecule has 19 heavy (non-hydrogen) atoms. The van der Waals surface area contributed by atoms with Crippen molar-refractivity contribution in [2.45, 2.75) is 40.2 Å². The lowest BCUT2D eigenvalue weighted by atomic mass is 10.0. The Morgan fingerprint density at radius 1 is 1.32 bits per heavy atom. The molecule has 0 radical (unpaired) electrons. The van der Waals surface area contributed by atoms with Gasteiger partial charge in [-0.05, 0) is 37.8 Å². The Hall–Kier alpha value is -1.35. The van der Waals surface area contributed by atoms with E-state index in [1.807, 2.05) is 39.1 Å². The van der Waals surface area contributed by atoms with E-state index in [1.54, 1.807) is 4.90 Å². The maximum Gasteiger partial charge on any atom is 0.253 e. The van der Waals surface area contributed by atoms with Crippen LogP contribution in [0.4, 0.5) is 0 Å². The topological polar surface area (TPSA) is 46.3 Å². The molecule has 0 aliphatic carbocycles. The third-order valence-corrected chi connectivity index (χ3v) is 3.62. The van der Waals surface area contributed by atoms with E-state index in [2.05, 4.69) is 13.8 Å². The molecule has 106 valence electrons. The van der Waals surface area contributed by atoms with E-state index in [0.717, 1.165) is 23.1 Å². The van der Waals surface area contributed by atoms with E-state index in [1.165, 1.54) is 0 Å². The smallest absolute Gasteiger partial charge is 0.253 e. The first-order valence-electron chi connectivity index (χ1n) is 6.91. The van der Waals surface area contributed by atoms with Gasteiger partial charge in [-0.3, -0.25) is 4.79 Å². The van der Waals surface area contributed by atoms with Crippen molar-refractivity contribution in [3.8, 4) is 0 Å². The number of rotatable bonds is 5. The van der Waals surface area contributed by atoms with Crippen LogP contribution in [-0.4, -0.2) is 30.4 Å². The molecule has 1 amide bonds. The maximum atomic E-state index is 12.4. The monoisotopic (exact) mass is 262 g/mol. The number of nitrogens with zero attached hydrogens (tertiary/aromatic N) is 1. The normalized spacial score (nSPS) is 12.6. The molecule has 1 rings (SSSR count). The van der Waals surface area contributed by atoms with E-state index < -0.39 is 0 Å². The standard InChI is InChI=1S/C16H26N2O/c1-11(2)15(17)8-9-18(5)16(19)14-10-12(3)6-7-13(14)4/h6-7,10-11,15H,8-9,17H2,1-5H3. The Morgan fingerprint density at radius 3 is 2.53 bits per heavy atom. The molecule has 0 fully saturated rings. The zero-order valence-corrected chi connectivity index (χ0v) is 12.7. The van der Waals surface area contributed by atoms with Crippen LogP contribution in [0.2, 0.25) is 0 Å². The summed E-state index contributed by atoms with van der Waals surface area (Å²) in [5.41, 5.74) is 8.95. The van der Waals surface area contributed by atoms with Crippen LogP contribution in [0.1, 0.15) is 41.8 Å². The Kier molecular flexibility index (Phi) is 5.55. The summed E-state index contributed by atoms with van der Waals surface area (Å²) in [6.07, 6.45) is 0.838. The zero-order chi connectivity index (χ0) is 14.6. The fourth-order valence-corrected chi connectivity index (χ4v) is 1.95. The Balaban J connectivity index is 2.69. The van der Waals surface area contributed by atoms with E-state index in [9.17, 15) is 4.79 Å². The van der Waals surface area contributed by atoms with Gasteiger partial charge in [-0.2, -0.15) is 0 Å². The molecular formula is C16H26N2O. The van der Waals surface area contributed by atoms with Gasteiger partial charge in [0.05, 0.1) is 0 Å². The summed E-state index contributed by atoms with van der Waals surface area (Å²) in [5, 5.41) is 0. The van der Waals surface area contributed by atoms with Crippen LogP contribution in [0.25, 0.3) is 0 Å². The van der Waals surface area contributed by atoms with Crippen LogP contribution >= 0.6 is 0 Å². The summed E-state index contributed by atoms with van der Waals surface area (Å²) < 4.78 is 0. The van der Waals surface area contributed by atoms with Crippen LogP contribution in [0.3, 0.4) is 0 Å². The second-order valence-electron chi connectivity index (χ2n) is 5.74. The summed E-state index contributed by atoms with van der Waals surface area (Å²) >= 11 is 0. The van der Waals surface area contributed by atoms with Crippen LogP contribution in [0.15, 0.2) is 18.2 Å². The number of carbonyl (C=O) groups excluding carboxylic acids is 1. The van der Waals surface area contributed by atoms with Gasteiger partial charge in [-0.25, -0.2) is 0 Å². The molecule has 1 unspecified atom stereocenters. The number of amides is 1. The minimum atomic E-state index is 0.0807. The van der Waals surface area contributed by atoms with Crippen molar-refractivity contribution in [1.82, 2.24) is 4.90 Å². The first kappa shape index (κ1) is 15.7. The highest BCUT2D eigenvalue weighted by atomic mass is 16.2. The van der Waals surface area contributed by atoms with E-state index in [4.69, 9.17) is 5.73 Å². The van der Waals surface area contributed by atoms with Gasteiger partial charge in [0.25, 0.3) is 5.91 Å². The predicted molar refractivity (Wildman–Crippen MR) is 80.3 cm³/mol. The molecule has 3 nitrogen and oxygen atoms in total. The van der Waals surface area contributed by atoms with Crippen LogP contribution in [0, 0.1) is 19.8 Å². The van der Waals surface area contributed by atoms with Crippen molar-refractivity contribution in [2.75, 3.05) is 13.6 Å². The molecule has 0 bridgehead atoms. The molecule has 0 aliphatic rings. The van der Waals surface area contributed by atoms with Gasteiger partial charge in [-0.15, -0.1) is 0 Å². The van der Waals surface area contributed by atoms with Gasteiger partial charge in [0.2, 0.25) is 0 Å². The van der Waals surface area contributed by atoms with Crippen molar-refractivity contribution in [1.29, 1.82) is 0 Å². The predicted octanol–water partition coefficient (Wildman–Crippen LogP) is 2.75. The quantitative estimate of drug-likeness (QED) is 0.887. The van der Waals surface area contributed by atoms with Crippen molar-refractivity contribution in [3.05, 3.63) is 34.9 Å². The number of hydrogen-bond acceptors (Lipinski definition) is 2. The molecule has 2 N–H and O–H groups in total. The lowest BCUT2D eigenvalue weighted by Gasteiger charge is -2.22. The number of carbonyl (C=O) groups is 1. The fraction of sp³-hybridized carbons (Fsp3) is 0.562. The zero-order valence-electron chi connectivity index (χ0n) is 12.7. The number of aryl methyl sites for hydroxylation is 2. The largest absolute Gasteiger partial charge is 0.342 e. The van der Waals surface area contributed by atoms with E-state index >= 15 is 0 Å². The molecule has 1 atom stereocenters. The molecule has 0 saturated carbocycles. The molecule has 0 spiro atoms. The summed E-state index contributed by atoms with van der Waals surface area (Å²) in [5.74, 6) is 0.529. The highest BCUT2D eigenvalue weighted by molar-refractivity contribution is 5.95. The van der Waals surface area contributed by atoms with Crippen molar-refractivity contribution < 1.29 is 4.79 Å². The third-order valence-electron chi connectivity index (χ3n) is 3.62. The third kappa shape index (κ3) is 4.35. The van der Waals surface area contributed by atoms with Gasteiger partial charge < -0.3 is 10.6 Å². The summed E-state index contributed by atoms with van der Waals surface area (Å²) in [6, 6.07) is 6.13. The fourth-order valence-electron chi connectivity index (χ4n) is 1.95. The van der Waals surface area contributed by atoms with Gasteiger partial charge >= 0.3 is 0 Å². The molecular weight excluding hydrogens is 236 g/mol. The van der Waals surface area contributed by atoms with Gasteiger partial charge in [-0.1, -0.05) is 31.5 Å². The van der Waals surface area contributed by atoms with Crippen LogP contribution < -0.4 is 5.73 Å². The Labute approximate surface area is 116 Å². The number of hydrogen-bond donors (Lipinski definition) is 1. The van der Waals surface area contributed by atoms with E-state index in [0.29, 0.717) is 12.5 Å². The Bertz CT molecular complexity index is 440. The van der Waals surface area contributed by atoms with Gasteiger partial charge in [0, 0.05) is 25.2 Å². The first-order valence-corrected chi connectivity index (χ1v) is 6.91. The number of nitrogens with two attached hydrogens (primary N) is 1. The maximum absolute atomic E-state index is 12.4. The first-order chi connectivity index (χ1) is 8.82. The van der Waals surface area contributed by atoms with Crippen molar-refractivity contribution in [3.63, 3.8) is 0 Å². The van der Waals surface area contributed by atoms with Crippen LogP contribution in [-0.2, 0) is 0 Å². The molecule has 1 aromatic carbocycles. The van der Waals surface area contributed by atoms with Crippen molar-refractivity contribution in [2.24, 2.45) is 11.7 Å². The summed E-state index contributed by atoms with van der Waals surface area (Å²) in [4.78, 5) is 14.2. The summed E-state index contributed by atoms with van der Waals surface area (Å²) in [7, 11) is 1.84. The minimum absolute atomic E-state index is 0.0807. The minimum Gasteiger partial charge on any atom is -0.342 e. The second-order valence-corrected chi connectivity index (χ2v) is 5.74. The second kappa shape index (κ2) is 6.71. The molecule has 0 aromatic heterocycles. The highest BCUT2D eigenvalue weighted by Crippen LogP contribution is 2.13. The van der Waals surface area contributed by atoms with Crippen LogP contribution in [0.5, 0.6) is 0 Å². The average Bonchev–Trinajstić information content (AvgIpc) is 2.37. The molecule has 0 saturated heterocycles. The van der Waals surface area contributed by atoms with Gasteiger partial charge in [0.15, 0.2) is 0 Å². The van der Waals surface area contributed by atoms with E-state index in [-0.39, 0.29) is 11.9 Å². The molecule has 3 heteroatoms. The SMILES string of the molecule is Cc1ccc(C)c(C(=O)N(C)CCC(N)C(C)C)c1. The molecule has 0 heterocycles. The summed E-state index contributed by atoms with van der Waals surface area (Å²) in [6.45, 7) is 8.89. The number of benzene rings is 1. The lowest BCUT2D eigenvalue weighted by molar-refractivity contribution is 0.0788. The highest BCUT2D eigenvalue weighted by Gasteiger charge is 2.16. The average molecular weight is 262 g/mol. The van der Waals surface area contributed by atoms with Crippen molar-refractivity contribution >= 4 is 5.91 Å². The Morgan fingerprint density at radius 2 is 1.95 bits per heavy atom. The van der Waals surface area contributed by atoms with Gasteiger partial charge in [0.1, 0.15) is 0 Å².